The molecule has 0 amide bonds. The molecule has 0 radical (unpaired) electrons. The van der Waals surface area contributed by atoms with Crippen molar-refractivity contribution in [2.24, 2.45) is 0 Å². The molecule has 0 aliphatic carbocycles. The van der Waals surface area contributed by atoms with E-state index < -0.39 is 6.10 Å². The molecule has 0 bridgehead atoms. The highest BCUT2D eigenvalue weighted by Crippen LogP contribution is 2.15. The van der Waals surface area contributed by atoms with Crippen molar-refractivity contribution in [3.05, 3.63) is 72.9 Å². The Morgan fingerprint density at radius 3 is 1.14 bits per heavy atom. The molecule has 0 saturated carbocycles. The highest BCUT2D eigenvalue weighted by atomic mass is 16.6. The van der Waals surface area contributed by atoms with Crippen molar-refractivity contribution in [2.45, 2.75) is 284 Å². The lowest BCUT2D eigenvalue weighted by atomic mass is 10.0. The maximum Gasteiger partial charge on any atom is 0.306 e. The molecule has 66 heavy (non-hydrogen) atoms. The van der Waals surface area contributed by atoms with E-state index in [1.807, 2.05) is 0 Å². The predicted molar refractivity (Wildman–Crippen MR) is 288 cm³/mol. The van der Waals surface area contributed by atoms with E-state index in [9.17, 15) is 9.59 Å². The van der Waals surface area contributed by atoms with E-state index in [0.29, 0.717) is 19.4 Å². The van der Waals surface area contributed by atoms with E-state index >= 15 is 0 Å². The van der Waals surface area contributed by atoms with E-state index in [4.69, 9.17) is 14.2 Å². The normalized spacial score (nSPS) is 12.7. The molecule has 0 heterocycles. The summed E-state index contributed by atoms with van der Waals surface area (Å²) >= 11 is 0. The second kappa shape index (κ2) is 56.7. The largest absolute Gasteiger partial charge is 0.462 e. The molecule has 0 saturated heterocycles. The van der Waals surface area contributed by atoms with E-state index in [0.717, 1.165) is 89.9 Å². The van der Waals surface area contributed by atoms with Crippen molar-refractivity contribution < 1.29 is 23.8 Å². The van der Waals surface area contributed by atoms with E-state index in [1.54, 1.807) is 0 Å². The topological polar surface area (TPSA) is 61.8 Å². The van der Waals surface area contributed by atoms with Crippen LogP contribution in [0.15, 0.2) is 72.9 Å². The van der Waals surface area contributed by atoms with Gasteiger partial charge in [-0.1, -0.05) is 248 Å². The lowest BCUT2D eigenvalue weighted by Crippen LogP contribution is -2.30. The average Bonchev–Trinajstić information content (AvgIpc) is 3.32. The molecular formula is C61H108O5. The second-order valence-corrected chi connectivity index (χ2v) is 18.8. The quantitative estimate of drug-likeness (QED) is 0.0346. The number of carbonyl (C=O) groups is 2. The summed E-state index contributed by atoms with van der Waals surface area (Å²) in [5.41, 5.74) is 0. The first-order valence-electron chi connectivity index (χ1n) is 28.5. The van der Waals surface area contributed by atoms with Crippen LogP contribution in [0, 0.1) is 0 Å². The van der Waals surface area contributed by atoms with E-state index in [1.165, 1.54) is 154 Å². The number of hydrogen-bond acceptors (Lipinski definition) is 5. The van der Waals surface area contributed by atoms with Crippen LogP contribution in [0.3, 0.4) is 0 Å². The molecule has 382 valence electrons. The van der Waals surface area contributed by atoms with E-state index in [-0.39, 0.29) is 25.2 Å². The second-order valence-electron chi connectivity index (χ2n) is 18.8. The van der Waals surface area contributed by atoms with Crippen molar-refractivity contribution in [2.75, 3.05) is 19.8 Å². The number of allylic oxidation sites excluding steroid dienone is 12. The lowest BCUT2D eigenvalue weighted by Gasteiger charge is -2.18. The van der Waals surface area contributed by atoms with Gasteiger partial charge in [-0.25, -0.2) is 0 Å². The van der Waals surface area contributed by atoms with Crippen molar-refractivity contribution in [3.63, 3.8) is 0 Å². The van der Waals surface area contributed by atoms with Gasteiger partial charge in [0.2, 0.25) is 0 Å². The molecule has 0 aromatic heterocycles. The van der Waals surface area contributed by atoms with Gasteiger partial charge in [0.05, 0.1) is 6.61 Å². The zero-order valence-electron chi connectivity index (χ0n) is 44.0. The zero-order valence-corrected chi connectivity index (χ0v) is 44.0. The highest BCUT2D eigenvalue weighted by molar-refractivity contribution is 5.70. The molecule has 0 aromatic rings. The van der Waals surface area contributed by atoms with Crippen LogP contribution in [0.4, 0.5) is 0 Å². The monoisotopic (exact) mass is 921 g/mol. The Bertz CT molecular complexity index is 1180. The Morgan fingerprint density at radius 1 is 0.348 bits per heavy atom. The summed E-state index contributed by atoms with van der Waals surface area (Å²) in [6.45, 7) is 7.70. The van der Waals surface area contributed by atoms with Gasteiger partial charge < -0.3 is 14.2 Å². The van der Waals surface area contributed by atoms with Crippen LogP contribution in [0.25, 0.3) is 0 Å². The van der Waals surface area contributed by atoms with Crippen molar-refractivity contribution in [1.29, 1.82) is 0 Å². The molecule has 1 atom stereocenters. The molecule has 5 heteroatoms. The number of carbonyl (C=O) groups excluding carboxylic acids is 2. The Hall–Kier alpha value is -2.66. The summed E-state index contributed by atoms with van der Waals surface area (Å²) in [5, 5.41) is 0. The minimum Gasteiger partial charge on any atom is -0.462 e. The highest BCUT2D eigenvalue weighted by Gasteiger charge is 2.17. The summed E-state index contributed by atoms with van der Waals surface area (Å²) in [7, 11) is 0. The minimum absolute atomic E-state index is 0.0671. The van der Waals surface area contributed by atoms with Gasteiger partial charge in [-0.05, 0) is 89.9 Å². The third-order valence-electron chi connectivity index (χ3n) is 12.2. The maximum absolute atomic E-state index is 12.8. The van der Waals surface area contributed by atoms with Gasteiger partial charge in [-0.15, -0.1) is 0 Å². The van der Waals surface area contributed by atoms with Gasteiger partial charge in [0.1, 0.15) is 6.61 Å². The number of rotatable bonds is 52. The van der Waals surface area contributed by atoms with Crippen LogP contribution in [-0.4, -0.2) is 37.9 Å². The average molecular weight is 922 g/mol. The van der Waals surface area contributed by atoms with Crippen LogP contribution in [0.5, 0.6) is 0 Å². The van der Waals surface area contributed by atoms with Crippen LogP contribution in [-0.2, 0) is 23.8 Å². The van der Waals surface area contributed by atoms with Crippen LogP contribution < -0.4 is 0 Å². The number of unbranched alkanes of at least 4 members (excludes halogenated alkanes) is 29. The molecule has 0 fully saturated rings. The van der Waals surface area contributed by atoms with Crippen LogP contribution in [0.1, 0.15) is 278 Å². The molecule has 0 rings (SSSR count). The standard InChI is InChI=1S/C61H108O5/c1-4-7-10-13-16-19-22-25-28-30-31-32-34-36-39-42-45-48-51-54-60(62)65-58-59(57-64-56-53-50-47-44-41-38-35-29-26-23-20-17-14-11-8-5-2)66-61(63)55-52-49-46-43-40-37-33-27-24-21-18-15-12-9-6-3/h7,10,16,19,21,24-25,28,31-32,36,39,59H,4-6,8-9,11-15,17-18,20,22-23,26-27,29-30,33-35,37-38,40-58H2,1-3H3/b10-7-,19-16-,24-21-,28-25-,32-31-,39-36-/t59-/m1/s1. The molecule has 5 nitrogen and oxygen atoms in total. The molecule has 0 aromatic carbocycles. The Kier molecular flexibility index (Phi) is 54.4. The summed E-state index contributed by atoms with van der Waals surface area (Å²) in [6, 6.07) is 0. The van der Waals surface area contributed by atoms with Gasteiger partial charge in [0.25, 0.3) is 0 Å². The third-order valence-corrected chi connectivity index (χ3v) is 12.2. The first kappa shape index (κ1) is 63.3. The zero-order chi connectivity index (χ0) is 47.7. The van der Waals surface area contributed by atoms with Gasteiger partial charge in [-0.2, -0.15) is 0 Å². The summed E-state index contributed by atoms with van der Waals surface area (Å²) in [6.07, 6.45) is 73.5. The van der Waals surface area contributed by atoms with Crippen molar-refractivity contribution in [1.82, 2.24) is 0 Å². The number of esters is 2. The Labute approximate surface area is 410 Å². The van der Waals surface area contributed by atoms with E-state index in [2.05, 4.69) is 93.7 Å². The first-order chi connectivity index (χ1) is 32.6. The lowest BCUT2D eigenvalue weighted by molar-refractivity contribution is -0.163. The van der Waals surface area contributed by atoms with Gasteiger partial charge in [-0.3, -0.25) is 9.59 Å². The fourth-order valence-electron chi connectivity index (χ4n) is 8.00. The molecule has 0 N–H and O–H groups in total. The van der Waals surface area contributed by atoms with Crippen LogP contribution >= 0.6 is 0 Å². The summed E-state index contributed by atoms with van der Waals surface area (Å²) in [5.74, 6) is -0.430. The fraction of sp³-hybridized carbons (Fsp3) is 0.770. The van der Waals surface area contributed by atoms with Gasteiger partial charge in [0.15, 0.2) is 6.10 Å². The maximum atomic E-state index is 12.8. The summed E-state index contributed by atoms with van der Waals surface area (Å²) < 4.78 is 17.5. The molecular weight excluding hydrogens is 813 g/mol. The first-order valence-corrected chi connectivity index (χ1v) is 28.5. The Morgan fingerprint density at radius 2 is 0.682 bits per heavy atom. The molecule has 0 spiro atoms. The van der Waals surface area contributed by atoms with Crippen molar-refractivity contribution in [3.8, 4) is 0 Å². The predicted octanol–water partition coefficient (Wildman–Crippen LogP) is 19.5. The third kappa shape index (κ3) is 54.0. The molecule has 0 aliphatic heterocycles. The summed E-state index contributed by atoms with van der Waals surface area (Å²) in [4.78, 5) is 25.5. The Balaban J connectivity index is 4.32. The molecule has 0 aliphatic rings. The van der Waals surface area contributed by atoms with Crippen LogP contribution in [0.2, 0.25) is 0 Å². The molecule has 0 unspecified atom stereocenters. The van der Waals surface area contributed by atoms with Gasteiger partial charge in [0, 0.05) is 19.4 Å². The van der Waals surface area contributed by atoms with Gasteiger partial charge >= 0.3 is 11.9 Å². The van der Waals surface area contributed by atoms with Crippen molar-refractivity contribution >= 4 is 11.9 Å². The fourth-order valence-corrected chi connectivity index (χ4v) is 8.00. The SMILES string of the molecule is CC/C=C\C/C=C\C/C=C\C/C=C\C/C=C\CCCCCC(=O)OC[C@@H](COCCCCCCCCCCCCCCCCCC)OC(=O)CCCCCCCCC/C=C\CCCCCC. The number of ether oxygens (including phenoxy) is 3. The minimum atomic E-state index is -0.553. The number of hydrogen-bond donors (Lipinski definition) is 0. The smallest absolute Gasteiger partial charge is 0.306 e.